The number of anilines is 1. The average Bonchev–Trinajstić information content (AvgIpc) is 2.97. The Bertz CT molecular complexity index is 771. The van der Waals surface area contributed by atoms with Crippen molar-refractivity contribution in [2.45, 2.75) is 45.1 Å². The molecule has 1 aromatic rings. The molecular formula is C20H26N4O4. The number of hydrogen-bond donors (Lipinski definition) is 3. The lowest BCUT2D eigenvalue weighted by Crippen LogP contribution is -2.42. The van der Waals surface area contributed by atoms with E-state index in [0.717, 1.165) is 30.5 Å². The fourth-order valence-corrected chi connectivity index (χ4v) is 3.66. The summed E-state index contributed by atoms with van der Waals surface area (Å²) >= 11 is 0. The van der Waals surface area contributed by atoms with Crippen LogP contribution in [0.1, 0.15) is 37.7 Å². The summed E-state index contributed by atoms with van der Waals surface area (Å²) in [4.78, 5) is 48.9. The summed E-state index contributed by atoms with van der Waals surface area (Å²) in [7, 11) is 0. The highest BCUT2D eigenvalue weighted by Crippen LogP contribution is 2.23. The van der Waals surface area contributed by atoms with Crippen LogP contribution in [-0.4, -0.2) is 47.8 Å². The Kier molecular flexibility index (Phi) is 6.28. The standard InChI is InChI=1S/C20H26N4O4/c1-13-3-2-4-15(11-13)21-17(25)6-5-14-7-9-24(10-8-14)18(26)12-16-19(27)23-20(28)22-16/h2-4,11,14,16H,5-10,12H2,1H3,(H,21,25)(H2,22,23,27,28). The second kappa shape index (κ2) is 8.86. The maximum atomic E-state index is 12.3. The Morgan fingerprint density at radius 2 is 1.96 bits per heavy atom. The third-order valence-corrected chi connectivity index (χ3v) is 5.29. The molecular weight excluding hydrogens is 360 g/mol. The first-order valence-electron chi connectivity index (χ1n) is 9.66. The summed E-state index contributed by atoms with van der Waals surface area (Å²) in [6, 6.07) is 6.39. The lowest BCUT2D eigenvalue weighted by Gasteiger charge is -2.32. The molecule has 2 aliphatic heterocycles. The number of aryl methyl sites for hydroxylation is 1. The van der Waals surface area contributed by atoms with Gasteiger partial charge in [0.1, 0.15) is 6.04 Å². The van der Waals surface area contributed by atoms with Crippen molar-refractivity contribution >= 4 is 29.4 Å². The van der Waals surface area contributed by atoms with Crippen LogP contribution in [0, 0.1) is 12.8 Å². The maximum Gasteiger partial charge on any atom is 0.322 e. The van der Waals surface area contributed by atoms with Gasteiger partial charge in [0.05, 0.1) is 6.42 Å². The van der Waals surface area contributed by atoms with Crippen molar-refractivity contribution in [1.82, 2.24) is 15.5 Å². The summed E-state index contributed by atoms with van der Waals surface area (Å²) in [6.45, 7) is 3.22. The second-order valence-corrected chi connectivity index (χ2v) is 7.50. The van der Waals surface area contributed by atoms with E-state index in [0.29, 0.717) is 25.4 Å². The molecule has 0 aliphatic carbocycles. The number of nitrogens with one attached hydrogen (secondary N) is 3. The molecule has 5 amide bonds. The maximum absolute atomic E-state index is 12.3. The van der Waals surface area contributed by atoms with Gasteiger partial charge < -0.3 is 15.5 Å². The summed E-state index contributed by atoms with van der Waals surface area (Å²) < 4.78 is 0. The van der Waals surface area contributed by atoms with E-state index in [1.54, 1.807) is 4.90 Å². The molecule has 0 spiro atoms. The zero-order chi connectivity index (χ0) is 20.1. The Hall–Kier alpha value is -2.90. The predicted molar refractivity (Wildman–Crippen MR) is 103 cm³/mol. The van der Waals surface area contributed by atoms with E-state index in [4.69, 9.17) is 0 Å². The molecule has 2 saturated heterocycles. The molecule has 0 saturated carbocycles. The van der Waals surface area contributed by atoms with E-state index < -0.39 is 18.0 Å². The fraction of sp³-hybridized carbons (Fsp3) is 0.500. The van der Waals surface area contributed by atoms with Crippen LogP contribution in [0.5, 0.6) is 0 Å². The largest absolute Gasteiger partial charge is 0.343 e. The highest BCUT2D eigenvalue weighted by atomic mass is 16.2. The molecule has 1 unspecified atom stereocenters. The number of nitrogens with zero attached hydrogens (tertiary/aromatic N) is 1. The van der Waals surface area contributed by atoms with Gasteiger partial charge in [0, 0.05) is 25.2 Å². The molecule has 0 radical (unpaired) electrons. The van der Waals surface area contributed by atoms with Crippen LogP contribution in [0.25, 0.3) is 0 Å². The third-order valence-electron chi connectivity index (χ3n) is 5.29. The zero-order valence-corrected chi connectivity index (χ0v) is 16.0. The number of urea groups is 1. The van der Waals surface area contributed by atoms with E-state index >= 15 is 0 Å². The first-order valence-corrected chi connectivity index (χ1v) is 9.66. The third kappa shape index (κ3) is 5.31. The van der Waals surface area contributed by atoms with E-state index in [-0.39, 0.29) is 18.2 Å². The normalized spacial score (nSPS) is 19.9. The number of likely N-dealkylation sites (tertiary alicyclic amines) is 1. The van der Waals surface area contributed by atoms with E-state index in [1.807, 2.05) is 31.2 Å². The second-order valence-electron chi connectivity index (χ2n) is 7.50. The van der Waals surface area contributed by atoms with Gasteiger partial charge in [-0.3, -0.25) is 19.7 Å². The molecule has 2 heterocycles. The molecule has 2 aliphatic rings. The summed E-state index contributed by atoms with van der Waals surface area (Å²) in [6.07, 6.45) is 2.92. The van der Waals surface area contributed by atoms with Crippen LogP contribution in [0.15, 0.2) is 24.3 Å². The Labute approximate surface area is 164 Å². The summed E-state index contributed by atoms with van der Waals surface area (Å²) in [5.74, 6) is -0.167. The molecule has 0 aromatic heterocycles. The van der Waals surface area contributed by atoms with Crippen LogP contribution in [0.4, 0.5) is 10.5 Å². The number of carbonyl (C=O) groups is 4. The van der Waals surface area contributed by atoms with Gasteiger partial charge in [-0.05, 0) is 49.8 Å². The smallest absolute Gasteiger partial charge is 0.322 e. The highest BCUT2D eigenvalue weighted by molar-refractivity contribution is 6.05. The van der Waals surface area contributed by atoms with Crippen molar-refractivity contribution in [1.29, 1.82) is 0 Å². The monoisotopic (exact) mass is 386 g/mol. The van der Waals surface area contributed by atoms with Crippen molar-refractivity contribution in [3.8, 4) is 0 Å². The van der Waals surface area contributed by atoms with Gasteiger partial charge in [-0.25, -0.2) is 4.79 Å². The molecule has 28 heavy (non-hydrogen) atoms. The minimum atomic E-state index is -0.775. The fourth-order valence-electron chi connectivity index (χ4n) is 3.66. The molecule has 2 fully saturated rings. The Balaban J connectivity index is 1.37. The first-order chi connectivity index (χ1) is 13.4. The Morgan fingerprint density at radius 1 is 1.21 bits per heavy atom. The lowest BCUT2D eigenvalue weighted by atomic mass is 9.91. The molecule has 1 aromatic carbocycles. The SMILES string of the molecule is Cc1cccc(NC(=O)CCC2CCN(C(=O)CC3NC(=O)NC3=O)CC2)c1. The minimum absolute atomic E-state index is 0.00657. The number of imide groups is 1. The predicted octanol–water partition coefficient (Wildman–Crippen LogP) is 1.55. The minimum Gasteiger partial charge on any atom is -0.343 e. The molecule has 3 N–H and O–H groups in total. The molecule has 3 rings (SSSR count). The van der Waals surface area contributed by atoms with E-state index in [9.17, 15) is 19.2 Å². The van der Waals surface area contributed by atoms with Crippen LogP contribution in [0.3, 0.4) is 0 Å². The van der Waals surface area contributed by atoms with Gasteiger partial charge in [0.15, 0.2) is 0 Å². The number of piperidine rings is 1. The number of rotatable bonds is 6. The zero-order valence-electron chi connectivity index (χ0n) is 16.0. The van der Waals surface area contributed by atoms with Crippen LogP contribution >= 0.6 is 0 Å². The van der Waals surface area contributed by atoms with Crippen molar-refractivity contribution in [2.75, 3.05) is 18.4 Å². The molecule has 1 atom stereocenters. The van der Waals surface area contributed by atoms with Crippen LogP contribution in [0.2, 0.25) is 0 Å². The van der Waals surface area contributed by atoms with Gasteiger partial charge in [0.2, 0.25) is 11.8 Å². The molecule has 0 bridgehead atoms. The van der Waals surface area contributed by atoms with Crippen molar-refractivity contribution in [2.24, 2.45) is 5.92 Å². The number of carbonyl (C=O) groups excluding carboxylic acids is 4. The van der Waals surface area contributed by atoms with E-state index in [1.165, 1.54) is 0 Å². The van der Waals surface area contributed by atoms with Crippen LogP contribution < -0.4 is 16.0 Å². The average molecular weight is 386 g/mol. The molecule has 8 nitrogen and oxygen atoms in total. The molecule has 8 heteroatoms. The van der Waals surface area contributed by atoms with Crippen molar-refractivity contribution in [3.05, 3.63) is 29.8 Å². The van der Waals surface area contributed by atoms with Gasteiger partial charge in [-0.2, -0.15) is 0 Å². The number of benzene rings is 1. The van der Waals surface area contributed by atoms with E-state index in [2.05, 4.69) is 16.0 Å². The van der Waals surface area contributed by atoms with Gasteiger partial charge in [0.25, 0.3) is 5.91 Å². The summed E-state index contributed by atoms with van der Waals surface area (Å²) in [5, 5.41) is 7.50. The number of hydrogen-bond acceptors (Lipinski definition) is 4. The number of amides is 5. The van der Waals surface area contributed by atoms with Gasteiger partial charge in [-0.1, -0.05) is 12.1 Å². The molecule has 150 valence electrons. The van der Waals surface area contributed by atoms with Crippen molar-refractivity contribution < 1.29 is 19.2 Å². The Morgan fingerprint density at radius 3 is 2.61 bits per heavy atom. The first kappa shape index (κ1) is 19.9. The van der Waals surface area contributed by atoms with Crippen LogP contribution in [-0.2, 0) is 14.4 Å². The quantitative estimate of drug-likeness (QED) is 0.645. The lowest BCUT2D eigenvalue weighted by molar-refractivity contribution is -0.135. The van der Waals surface area contributed by atoms with Crippen molar-refractivity contribution in [3.63, 3.8) is 0 Å². The summed E-state index contributed by atoms with van der Waals surface area (Å²) in [5.41, 5.74) is 1.91. The van der Waals surface area contributed by atoms with Gasteiger partial charge >= 0.3 is 6.03 Å². The van der Waals surface area contributed by atoms with Gasteiger partial charge in [-0.15, -0.1) is 0 Å². The highest BCUT2D eigenvalue weighted by Gasteiger charge is 2.33. The topological polar surface area (TPSA) is 108 Å².